The molecule has 0 spiro atoms. The van der Waals surface area contributed by atoms with Crippen molar-refractivity contribution in [2.75, 3.05) is 24.6 Å². The van der Waals surface area contributed by atoms with Crippen LogP contribution in [0.25, 0.3) is 22.0 Å². The van der Waals surface area contributed by atoms with Gasteiger partial charge in [0.15, 0.2) is 0 Å². The molecule has 42 heavy (non-hydrogen) atoms. The number of carboxylic acid groups (broad SMARTS) is 1. The number of nitrogens with zero attached hydrogens (tertiary/aromatic N) is 3. The van der Waals surface area contributed by atoms with Crippen molar-refractivity contribution in [2.45, 2.75) is 25.5 Å². The lowest BCUT2D eigenvalue weighted by Crippen LogP contribution is -2.43. The molecule has 1 aliphatic heterocycles. The van der Waals surface area contributed by atoms with E-state index in [1.54, 1.807) is 53.6 Å². The summed E-state index contributed by atoms with van der Waals surface area (Å²) >= 11 is 6.44. The normalized spacial score (nSPS) is 15.7. The number of nitrogens with one attached hydrogen (secondary N) is 1. The second-order valence-corrected chi connectivity index (χ2v) is 10.4. The van der Waals surface area contributed by atoms with Gasteiger partial charge in [-0.05, 0) is 42.8 Å². The fourth-order valence-corrected chi connectivity index (χ4v) is 5.38. The Morgan fingerprint density at radius 1 is 1.19 bits per heavy atom. The van der Waals surface area contributed by atoms with Crippen molar-refractivity contribution in [1.82, 2.24) is 10.3 Å². The molecule has 4 aromatic rings. The van der Waals surface area contributed by atoms with E-state index in [2.05, 4.69) is 10.3 Å². The van der Waals surface area contributed by atoms with E-state index in [0.29, 0.717) is 57.9 Å². The molecule has 1 unspecified atom stereocenters. The van der Waals surface area contributed by atoms with E-state index in [0.717, 1.165) is 12.1 Å². The van der Waals surface area contributed by atoms with Gasteiger partial charge in [0.1, 0.15) is 23.2 Å². The third-order valence-electron chi connectivity index (χ3n) is 7.14. The molecule has 11 heteroatoms. The summed E-state index contributed by atoms with van der Waals surface area (Å²) in [5, 5.41) is 22.3. The molecule has 3 aromatic carbocycles. The number of hydrogen-bond acceptors (Lipinski definition) is 6. The Bertz CT molecular complexity index is 1720. The number of aliphatic carboxylic acids is 1. The molecule has 5 rings (SSSR count). The van der Waals surface area contributed by atoms with Gasteiger partial charge in [0.05, 0.1) is 29.9 Å². The molecule has 0 bridgehead atoms. The number of halogens is 3. The van der Waals surface area contributed by atoms with Crippen LogP contribution in [-0.2, 0) is 16.0 Å². The Morgan fingerprint density at radius 3 is 2.60 bits per heavy atom. The van der Waals surface area contributed by atoms with Gasteiger partial charge in [-0.25, -0.2) is 13.6 Å². The fraction of sp³-hybridized carbons (Fsp3) is 0.226. The summed E-state index contributed by atoms with van der Waals surface area (Å²) in [5.74, 6) is -4.74. The zero-order valence-corrected chi connectivity index (χ0v) is 23.2. The monoisotopic (exact) mass is 590 g/mol. The van der Waals surface area contributed by atoms with Crippen LogP contribution >= 0.6 is 11.6 Å². The number of rotatable bonds is 7. The topological polar surface area (TPSA) is 116 Å². The predicted octanol–water partition coefficient (Wildman–Crippen LogP) is 5.36. The number of ether oxygens (including phenoxy) is 1. The Morgan fingerprint density at radius 2 is 1.93 bits per heavy atom. The number of hydrogen-bond donors (Lipinski definition) is 2. The summed E-state index contributed by atoms with van der Waals surface area (Å²) in [6, 6.07) is 14.4. The van der Waals surface area contributed by atoms with E-state index in [9.17, 15) is 14.7 Å². The van der Waals surface area contributed by atoms with E-state index >= 15 is 8.78 Å². The molecule has 1 saturated heterocycles. The largest absolute Gasteiger partial charge is 0.480 e. The number of carbonyl (C=O) groups is 2. The van der Waals surface area contributed by atoms with Crippen LogP contribution in [0.2, 0.25) is 5.02 Å². The first-order chi connectivity index (χ1) is 20.2. The average molecular weight is 591 g/mol. The van der Waals surface area contributed by atoms with Crippen molar-refractivity contribution < 1.29 is 28.2 Å². The number of amides is 1. The molecule has 1 aromatic heterocycles. The summed E-state index contributed by atoms with van der Waals surface area (Å²) in [5.41, 5.74) is 2.18. The maximum atomic E-state index is 15.0. The van der Waals surface area contributed by atoms with Gasteiger partial charge in [0, 0.05) is 52.9 Å². The van der Waals surface area contributed by atoms with Crippen LogP contribution in [-0.4, -0.2) is 53.8 Å². The highest BCUT2D eigenvalue weighted by Gasteiger charge is 2.28. The number of morpholine rings is 1. The summed E-state index contributed by atoms with van der Waals surface area (Å²) < 4.78 is 35.6. The Hall–Kier alpha value is -4.59. The molecule has 0 aliphatic carbocycles. The smallest absolute Gasteiger partial charge is 0.326 e. The third kappa shape index (κ3) is 5.88. The van der Waals surface area contributed by atoms with Crippen LogP contribution in [0.4, 0.5) is 14.5 Å². The van der Waals surface area contributed by atoms with E-state index in [-0.39, 0.29) is 18.2 Å². The zero-order valence-electron chi connectivity index (χ0n) is 22.4. The molecular weight excluding hydrogens is 566 g/mol. The van der Waals surface area contributed by atoms with Crippen molar-refractivity contribution in [3.05, 3.63) is 94.1 Å². The molecule has 1 fully saturated rings. The number of fused-ring (bicyclic) bond motifs is 1. The minimum atomic E-state index is -1.50. The number of aromatic nitrogens is 1. The second-order valence-electron chi connectivity index (χ2n) is 9.96. The number of carboxylic acids is 1. The maximum absolute atomic E-state index is 15.0. The summed E-state index contributed by atoms with van der Waals surface area (Å²) in [6.45, 7) is 3.12. The molecule has 2 atom stereocenters. The summed E-state index contributed by atoms with van der Waals surface area (Å²) in [6.07, 6.45) is 1.28. The third-order valence-corrected chi connectivity index (χ3v) is 7.45. The number of nitriles is 1. The quantitative estimate of drug-likeness (QED) is 0.298. The molecule has 2 N–H and O–H groups in total. The lowest BCUT2D eigenvalue weighted by Gasteiger charge is -2.33. The van der Waals surface area contributed by atoms with Crippen LogP contribution in [0.15, 0.2) is 60.8 Å². The summed E-state index contributed by atoms with van der Waals surface area (Å²) in [7, 11) is 0. The van der Waals surface area contributed by atoms with Crippen molar-refractivity contribution >= 4 is 40.1 Å². The van der Waals surface area contributed by atoms with Gasteiger partial charge >= 0.3 is 5.97 Å². The molecule has 214 valence electrons. The van der Waals surface area contributed by atoms with Crippen LogP contribution in [0.3, 0.4) is 0 Å². The first kappa shape index (κ1) is 28.9. The highest BCUT2D eigenvalue weighted by molar-refractivity contribution is 6.33. The van der Waals surface area contributed by atoms with Gasteiger partial charge in [-0.1, -0.05) is 35.9 Å². The number of pyridine rings is 1. The molecule has 0 saturated carbocycles. The molecule has 2 heterocycles. The van der Waals surface area contributed by atoms with Crippen molar-refractivity contribution in [1.29, 1.82) is 5.26 Å². The Kier molecular flexibility index (Phi) is 8.34. The number of anilines is 1. The first-order valence-corrected chi connectivity index (χ1v) is 13.5. The van der Waals surface area contributed by atoms with Crippen molar-refractivity contribution in [2.24, 2.45) is 0 Å². The van der Waals surface area contributed by atoms with E-state index < -0.39 is 35.1 Å². The number of benzene rings is 3. The predicted molar refractivity (Wildman–Crippen MR) is 153 cm³/mol. The van der Waals surface area contributed by atoms with Gasteiger partial charge in [0.25, 0.3) is 5.91 Å². The van der Waals surface area contributed by atoms with E-state index in [1.165, 1.54) is 0 Å². The second kappa shape index (κ2) is 12.1. The minimum absolute atomic E-state index is 0.120. The summed E-state index contributed by atoms with van der Waals surface area (Å²) in [4.78, 5) is 31.4. The lowest BCUT2D eigenvalue weighted by atomic mass is 9.94. The van der Waals surface area contributed by atoms with Crippen LogP contribution < -0.4 is 10.2 Å². The Balaban J connectivity index is 1.42. The standard InChI is InChI=1S/C31H25ClF2N4O4/c1-17-16-38(9-10-42-17)20-13-25(33)28(26(34)14-20)30(39)37-27(31(40)41)12-19-5-7-23(29-21(19)3-2-8-36-29)22-6-4-18(15-35)11-24(22)32/h2-8,11,13-14,17,27H,9-10,12,16H2,1H3,(H,37,39)(H,40,41)/t17-,27?/m0/s1. The first-order valence-electron chi connectivity index (χ1n) is 13.1. The highest BCUT2D eigenvalue weighted by Crippen LogP contribution is 2.35. The Labute approximate surface area is 245 Å². The molecule has 0 radical (unpaired) electrons. The fourth-order valence-electron chi connectivity index (χ4n) is 5.09. The van der Waals surface area contributed by atoms with E-state index in [1.807, 2.05) is 13.0 Å². The van der Waals surface area contributed by atoms with Crippen molar-refractivity contribution in [3.63, 3.8) is 0 Å². The molecular formula is C31H25ClF2N4O4. The molecule has 8 nitrogen and oxygen atoms in total. The maximum Gasteiger partial charge on any atom is 0.326 e. The van der Waals surface area contributed by atoms with Crippen LogP contribution in [0.5, 0.6) is 0 Å². The van der Waals surface area contributed by atoms with Gasteiger partial charge < -0.3 is 20.1 Å². The van der Waals surface area contributed by atoms with Gasteiger partial charge in [-0.3, -0.25) is 9.78 Å². The SMILES string of the molecule is C[C@H]1CN(c2cc(F)c(C(=O)NC(Cc3ccc(-c4ccc(C#N)cc4Cl)c4ncccc34)C(=O)O)c(F)c2)CCO1. The minimum Gasteiger partial charge on any atom is -0.480 e. The number of carbonyl (C=O) groups excluding carboxylic acids is 1. The van der Waals surface area contributed by atoms with E-state index in [4.69, 9.17) is 21.6 Å². The average Bonchev–Trinajstić information content (AvgIpc) is 2.96. The van der Waals surface area contributed by atoms with Gasteiger partial charge in [-0.2, -0.15) is 5.26 Å². The molecule has 1 amide bonds. The lowest BCUT2D eigenvalue weighted by molar-refractivity contribution is -0.139. The zero-order chi connectivity index (χ0) is 30.0. The van der Waals surface area contributed by atoms with Gasteiger partial charge in [-0.15, -0.1) is 0 Å². The van der Waals surface area contributed by atoms with Gasteiger partial charge in [0.2, 0.25) is 0 Å². The molecule has 1 aliphatic rings. The van der Waals surface area contributed by atoms with Crippen LogP contribution in [0, 0.1) is 23.0 Å². The highest BCUT2D eigenvalue weighted by atomic mass is 35.5. The van der Waals surface area contributed by atoms with Crippen LogP contribution in [0.1, 0.15) is 28.4 Å². The van der Waals surface area contributed by atoms with Crippen molar-refractivity contribution in [3.8, 4) is 17.2 Å².